The van der Waals surface area contributed by atoms with Gasteiger partial charge in [0.25, 0.3) is 0 Å². The average molecular weight is 246 g/mol. The quantitative estimate of drug-likeness (QED) is 0.887. The molecular weight excluding hydrogens is 224 g/mol. The minimum absolute atomic E-state index is 0.239. The lowest BCUT2D eigenvalue weighted by Crippen LogP contribution is -2.42. The van der Waals surface area contributed by atoms with Gasteiger partial charge in [0.05, 0.1) is 6.42 Å². The van der Waals surface area contributed by atoms with Crippen molar-refractivity contribution in [1.82, 2.24) is 4.90 Å². The second-order valence-electron chi connectivity index (χ2n) is 5.08. The molecular formula is C15H22N2O. The van der Waals surface area contributed by atoms with E-state index in [0.717, 1.165) is 30.5 Å². The molecule has 2 rings (SSSR count). The molecule has 1 unspecified atom stereocenters. The molecule has 1 saturated heterocycles. The second kappa shape index (κ2) is 6.01. The topological polar surface area (TPSA) is 46.3 Å². The van der Waals surface area contributed by atoms with Gasteiger partial charge in [0.2, 0.25) is 5.91 Å². The maximum atomic E-state index is 12.3. The van der Waals surface area contributed by atoms with E-state index in [1.54, 1.807) is 0 Å². The Labute approximate surface area is 109 Å². The summed E-state index contributed by atoms with van der Waals surface area (Å²) in [5, 5.41) is 0. The van der Waals surface area contributed by atoms with Gasteiger partial charge in [-0.05, 0) is 37.3 Å². The Hall–Kier alpha value is -1.35. The third kappa shape index (κ3) is 2.91. The predicted molar refractivity (Wildman–Crippen MR) is 73.1 cm³/mol. The van der Waals surface area contributed by atoms with Crippen molar-refractivity contribution in [3.8, 4) is 0 Å². The van der Waals surface area contributed by atoms with Crippen LogP contribution in [0, 0.1) is 0 Å². The first-order valence-corrected chi connectivity index (χ1v) is 6.78. The fraction of sp³-hybridized carbons (Fsp3) is 0.533. The highest BCUT2D eigenvalue weighted by Crippen LogP contribution is 2.18. The summed E-state index contributed by atoms with van der Waals surface area (Å²) in [7, 11) is 0. The average Bonchev–Trinajstić information content (AvgIpc) is 2.39. The Kier molecular flexibility index (Phi) is 4.37. The van der Waals surface area contributed by atoms with Crippen molar-refractivity contribution < 1.29 is 4.79 Å². The number of likely N-dealkylation sites (tertiary alicyclic amines) is 1. The van der Waals surface area contributed by atoms with Crippen LogP contribution in [0.2, 0.25) is 0 Å². The Bertz CT molecular complexity index is 417. The highest BCUT2D eigenvalue weighted by atomic mass is 16.2. The van der Waals surface area contributed by atoms with E-state index >= 15 is 0 Å². The fourth-order valence-corrected chi connectivity index (χ4v) is 2.66. The minimum Gasteiger partial charge on any atom is -0.340 e. The highest BCUT2D eigenvalue weighted by Gasteiger charge is 2.23. The van der Waals surface area contributed by atoms with E-state index in [9.17, 15) is 4.79 Å². The normalized spacial score (nSPS) is 19.9. The van der Waals surface area contributed by atoms with Gasteiger partial charge in [0.15, 0.2) is 0 Å². The Morgan fingerprint density at radius 2 is 2.06 bits per heavy atom. The smallest absolute Gasteiger partial charge is 0.227 e. The number of hydrogen-bond donors (Lipinski definition) is 1. The molecule has 0 bridgehead atoms. The number of nitrogens with zero attached hydrogens (tertiary/aromatic N) is 1. The fourth-order valence-electron chi connectivity index (χ4n) is 2.66. The molecule has 1 aromatic rings. The van der Waals surface area contributed by atoms with E-state index in [1.165, 1.54) is 6.42 Å². The number of hydrogen-bond acceptors (Lipinski definition) is 2. The van der Waals surface area contributed by atoms with Gasteiger partial charge < -0.3 is 10.6 Å². The number of carbonyl (C=O) groups is 1. The number of nitrogens with two attached hydrogens (primary N) is 1. The number of amides is 1. The molecule has 1 atom stereocenters. The molecule has 0 aromatic heterocycles. The van der Waals surface area contributed by atoms with Crippen molar-refractivity contribution in [2.45, 2.75) is 45.2 Å². The van der Waals surface area contributed by atoms with Crippen molar-refractivity contribution in [1.29, 1.82) is 0 Å². The summed E-state index contributed by atoms with van der Waals surface area (Å²) < 4.78 is 0. The van der Waals surface area contributed by atoms with Gasteiger partial charge in [0, 0.05) is 19.1 Å². The summed E-state index contributed by atoms with van der Waals surface area (Å²) in [5.41, 5.74) is 7.86. The van der Waals surface area contributed by atoms with E-state index < -0.39 is 0 Å². The van der Waals surface area contributed by atoms with E-state index in [1.807, 2.05) is 29.2 Å². The summed E-state index contributed by atoms with van der Waals surface area (Å²) in [5.74, 6) is 0.239. The predicted octanol–water partition coefficient (Wildman–Crippen LogP) is 2.09. The van der Waals surface area contributed by atoms with Crippen molar-refractivity contribution in [2.24, 2.45) is 5.73 Å². The first-order valence-electron chi connectivity index (χ1n) is 6.78. The molecule has 3 nitrogen and oxygen atoms in total. The van der Waals surface area contributed by atoms with Crippen molar-refractivity contribution in [3.05, 3.63) is 35.4 Å². The van der Waals surface area contributed by atoms with E-state index in [0.29, 0.717) is 19.0 Å². The summed E-state index contributed by atoms with van der Waals surface area (Å²) >= 11 is 0. The molecule has 98 valence electrons. The first kappa shape index (κ1) is 13.1. The van der Waals surface area contributed by atoms with Crippen LogP contribution in [0.1, 0.15) is 37.3 Å². The van der Waals surface area contributed by atoms with Crippen molar-refractivity contribution in [2.75, 3.05) is 6.54 Å². The molecule has 2 N–H and O–H groups in total. The third-order valence-electron chi connectivity index (χ3n) is 3.80. The molecule has 0 radical (unpaired) electrons. The summed E-state index contributed by atoms with van der Waals surface area (Å²) in [6.07, 6.45) is 3.99. The number of benzene rings is 1. The highest BCUT2D eigenvalue weighted by molar-refractivity contribution is 5.79. The SMILES string of the molecule is CC1CCCCN1C(=O)Cc1ccccc1CN. The molecule has 1 fully saturated rings. The zero-order valence-electron chi connectivity index (χ0n) is 11.1. The summed E-state index contributed by atoms with van der Waals surface area (Å²) in [6.45, 7) is 3.55. The maximum absolute atomic E-state index is 12.3. The standard InChI is InChI=1S/C15H22N2O/c1-12-6-4-5-9-17(12)15(18)10-13-7-2-3-8-14(13)11-16/h2-3,7-8,12H,4-6,9-11,16H2,1H3. The molecule has 3 heteroatoms. The molecule has 1 aliphatic rings. The van der Waals surface area contributed by atoms with Crippen LogP contribution in [-0.2, 0) is 17.8 Å². The lowest BCUT2D eigenvalue weighted by atomic mass is 10.0. The van der Waals surface area contributed by atoms with Crippen LogP contribution in [0.4, 0.5) is 0 Å². The molecule has 18 heavy (non-hydrogen) atoms. The van der Waals surface area contributed by atoms with Crippen LogP contribution in [0.25, 0.3) is 0 Å². The Balaban J connectivity index is 2.06. The van der Waals surface area contributed by atoms with Crippen LogP contribution < -0.4 is 5.73 Å². The molecule has 1 aromatic carbocycles. The molecule has 1 aliphatic heterocycles. The Morgan fingerprint density at radius 1 is 1.33 bits per heavy atom. The van der Waals surface area contributed by atoms with Crippen LogP contribution in [0.3, 0.4) is 0 Å². The zero-order valence-corrected chi connectivity index (χ0v) is 11.1. The van der Waals surface area contributed by atoms with Crippen molar-refractivity contribution in [3.63, 3.8) is 0 Å². The lowest BCUT2D eigenvalue weighted by Gasteiger charge is -2.33. The summed E-state index contributed by atoms with van der Waals surface area (Å²) in [4.78, 5) is 14.4. The van der Waals surface area contributed by atoms with Gasteiger partial charge in [-0.2, -0.15) is 0 Å². The maximum Gasteiger partial charge on any atom is 0.227 e. The molecule has 1 heterocycles. The second-order valence-corrected chi connectivity index (χ2v) is 5.08. The number of carbonyl (C=O) groups excluding carboxylic acids is 1. The van der Waals surface area contributed by atoms with Gasteiger partial charge in [-0.25, -0.2) is 0 Å². The van der Waals surface area contributed by atoms with E-state index in [-0.39, 0.29) is 5.91 Å². The number of rotatable bonds is 3. The van der Waals surface area contributed by atoms with Crippen LogP contribution in [0.15, 0.2) is 24.3 Å². The van der Waals surface area contributed by atoms with Crippen LogP contribution in [0.5, 0.6) is 0 Å². The van der Waals surface area contributed by atoms with E-state index in [4.69, 9.17) is 5.73 Å². The largest absolute Gasteiger partial charge is 0.340 e. The lowest BCUT2D eigenvalue weighted by molar-refractivity contribution is -0.133. The minimum atomic E-state index is 0.239. The molecule has 0 saturated carbocycles. The van der Waals surface area contributed by atoms with Crippen molar-refractivity contribution >= 4 is 5.91 Å². The summed E-state index contributed by atoms with van der Waals surface area (Å²) in [6, 6.07) is 8.34. The Morgan fingerprint density at radius 3 is 2.72 bits per heavy atom. The third-order valence-corrected chi connectivity index (χ3v) is 3.80. The van der Waals surface area contributed by atoms with Gasteiger partial charge in [-0.15, -0.1) is 0 Å². The van der Waals surface area contributed by atoms with Crippen LogP contribution >= 0.6 is 0 Å². The zero-order chi connectivity index (χ0) is 13.0. The monoisotopic (exact) mass is 246 g/mol. The van der Waals surface area contributed by atoms with E-state index in [2.05, 4.69) is 6.92 Å². The number of piperidine rings is 1. The molecule has 0 aliphatic carbocycles. The van der Waals surface area contributed by atoms with Gasteiger partial charge in [-0.3, -0.25) is 4.79 Å². The molecule has 0 spiro atoms. The molecule has 1 amide bonds. The first-order chi connectivity index (χ1) is 8.72. The van der Waals surface area contributed by atoms with Gasteiger partial charge >= 0.3 is 0 Å². The van der Waals surface area contributed by atoms with Gasteiger partial charge in [-0.1, -0.05) is 24.3 Å². The van der Waals surface area contributed by atoms with Gasteiger partial charge in [0.1, 0.15) is 0 Å². The van der Waals surface area contributed by atoms with Crippen LogP contribution in [-0.4, -0.2) is 23.4 Å².